The van der Waals surface area contributed by atoms with Gasteiger partial charge in [0, 0.05) is 18.6 Å². The monoisotopic (exact) mass is 344 g/mol. The molecule has 0 saturated carbocycles. The molecule has 1 rings (SSSR count). The number of nitrogens with zero attached hydrogens (tertiary/aromatic N) is 1. The van der Waals surface area contributed by atoms with E-state index in [1.165, 1.54) is 12.1 Å². The summed E-state index contributed by atoms with van der Waals surface area (Å²) in [4.78, 5) is 33.0. The molecule has 9 heteroatoms. The third-order valence-corrected chi connectivity index (χ3v) is 3.01. The molecule has 1 aromatic rings. The zero-order valence-electron chi connectivity index (χ0n) is 12.8. The number of nitrogens with one attached hydrogen (secondary N) is 1. The maximum absolute atomic E-state index is 11.7. The molecular weight excluding hydrogens is 328 g/mol. The topological polar surface area (TPSA) is 119 Å². The van der Waals surface area contributed by atoms with Crippen LogP contribution in [0.4, 0.5) is 10.5 Å². The average Bonchev–Trinajstić information content (AvgIpc) is 2.37. The van der Waals surface area contributed by atoms with Crippen molar-refractivity contribution in [3.8, 4) is 0 Å². The van der Waals surface area contributed by atoms with Crippen molar-refractivity contribution in [1.82, 2.24) is 5.32 Å². The van der Waals surface area contributed by atoms with Gasteiger partial charge in [-0.15, -0.1) is 0 Å². The molecule has 0 aliphatic rings. The molecule has 0 bridgehead atoms. The highest BCUT2D eigenvalue weighted by Crippen LogP contribution is 2.23. The van der Waals surface area contributed by atoms with Crippen LogP contribution in [0.5, 0.6) is 0 Å². The maximum Gasteiger partial charge on any atom is 0.408 e. The lowest BCUT2D eigenvalue weighted by atomic mass is 10.1. The number of carbonyl (C=O) groups is 2. The summed E-state index contributed by atoms with van der Waals surface area (Å²) in [5, 5.41) is 22.1. The summed E-state index contributed by atoms with van der Waals surface area (Å²) in [5.74, 6) is -1.27. The van der Waals surface area contributed by atoms with E-state index in [1.54, 1.807) is 20.8 Å². The van der Waals surface area contributed by atoms with Gasteiger partial charge >= 0.3 is 12.1 Å². The quantitative estimate of drug-likeness (QED) is 0.626. The van der Waals surface area contributed by atoms with E-state index in [9.17, 15) is 24.8 Å². The molecule has 126 valence electrons. The molecule has 23 heavy (non-hydrogen) atoms. The third-order valence-electron chi connectivity index (χ3n) is 2.66. The van der Waals surface area contributed by atoms with Gasteiger partial charge < -0.3 is 15.2 Å². The largest absolute Gasteiger partial charge is 0.480 e. The summed E-state index contributed by atoms with van der Waals surface area (Å²) in [5.41, 5.74) is -0.607. The molecule has 0 saturated heterocycles. The first kappa shape index (κ1) is 18.7. The summed E-state index contributed by atoms with van der Waals surface area (Å²) in [6, 6.07) is 2.42. The van der Waals surface area contributed by atoms with Crippen molar-refractivity contribution in [3.05, 3.63) is 38.9 Å². The van der Waals surface area contributed by atoms with Crippen molar-refractivity contribution >= 4 is 29.4 Å². The molecule has 0 radical (unpaired) electrons. The maximum atomic E-state index is 11.7. The van der Waals surface area contributed by atoms with Crippen LogP contribution < -0.4 is 5.32 Å². The lowest BCUT2D eigenvalue weighted by molar-refractivity contribution is -0.384. The highest BCUT2D eigenvalue weighted by atomic mass is 35.5. The Bertz CT molecular complexity index is 626. The molecule has 0 aliphatic heterocycles. The Morgan fingerprint density at radius 1 is 1.43 bits per heavy atom. The summed E-state index contributed by atoms with van der Waals surface area (Å²) >= 11 is 5.92. The predicted molar refractivity (Wildman–Crippen MR) is 82.6 cm³/mol. The van der Waals surface area contributed by atoms with Crippen molar-refractivity contribution < 1.29 is 24.4 Å². The molecule has 0 spiro atoms. The van der Waals surface area contributed by atoms with Gasteiger partial charge in [-0.2, -0.15) is 0 Å². The van der Waals surface area contributed by atoms with E-state index < -0.39 is 28.6 Å². The second-order valence-corrected chi connectivity index (χ2v) is 6.18. The van der Waals surface area contributed by atoms with Crippen LogP contribution in [0.25, 0.3) is 0 Å². The number of ether oxygens (including phenoxy) is 1. The van der Waals surface area contributed by atoms with Gasteiger partial charge in [-0.25, -0.2) is 9.59 Å². The molecule has 0 aromatic heterocycles. The lowest BCUT2D eigenvalue weighted by Crippen LogP contribution is -2.44. The van der Waals surface area contributed by atoms with E-state index in [0.717, 1.165) is 6.07 Å². The number of carboxylic acid groups (broad SMARTS) is 1. The van der Waals surface area contributed by atoms with E-state index >= 15 is 0 Å². The molecule has 8 nitrogen and oxygen atoms in total. The summed E-state index contributed by atoms with van der Waals surface area (Å²) in [6.07, 6.45) is -1.01. The number of alkyl carbamates (subject to hydrolysis) is 1. The fraction of sp³-hybridized carbons (Fsp3) is 0.429. The van der Waals surface area contributed by atoms with E-state index in [2.05, 4.69) is 5.32 Å². The van der Waals surface area contributed by atoms with E-state index in [0.29, 0.717) is 5.56 Å². The van der Waals surface area contributed by atoms with Crippen molar-refractivity contribution in [2.24, 2.45) is 0 Å². The average molecular weight is 345 g/mol. The van der Waals surface area contributed by atoms with Crippen LogP contribution in [0.2, 0.25) is 5.02 Å². The molecule has 2 N–H and O–H groups in total. The van der Waals surface area contributed by atoms with Crippen LogP contribution in [0.1, 0.15) is 26.3 Å². The highest BCUT2D eigenvalue weighted by molar-refractivity contribution is 6.31. The van der Waals surface area contributed by atoms with Crippen LogP contribution in [0.15, 0.2) is 18.2 Å². The van der Waals surface area contributed by atoms with Gasteiger partial charge in [0.15, 0.2) is 0 Å². The Morgan fingerprint density at radius 2 is 2.04 bits per heavy atom. The number of carboxylic acids is 1. The number of benzene rings is 1. The lowest BCUT2D eigenvalue weighted by Gasteiger charge is -2.22. The number of aliphatic carboxylic acids is 1. The highest BCUT2D eigenvalue weighted by Gasteiger charge is 2.25. The van der Waals surface area contributed by atoms with Crippen molar-refractivity contribution in [2.75, 3.05) is 0 Å². The first-order chi connectivity index (χ1) is 10.5. The molecule has 1 atom stereocenters. The first-order valence-corrected chi connectivity index (χ1v) is 7.02. The zero-order valence-corrected chi connectivity index (χ0v) is 13.6. The number of amides is 1. The Hall–Kier alpha value is -2.35. The van der Waals surface area contributed by atoms with E-state index in [-0.39, 0.29) is 17.1 Å². The summed E-state index contributed by atoms with van der Waals surface area (Å²) in [7, 11) is 0. The Morgan fingerprint density at radius 3 is 2.48 bits per heavy atom. The van der Waals surface area contributed by atoms with Gasteiger partial charge in [0.2, 0.25) is 0 Å². The smallest absolute Gasteiger partial charge is 0.408 e. The third kappa shape index (κ3) is 6.11. The minimum absolute atomic E-state index is 0.0523. The number of halogens is 1. The first-order valence-electron chi connectivity index (χ1n) is 6.65. The molecule has 0 fully saturated rings. The van der Waals surface area contributed by atoms with Gasteiger partial charge in [-0.1, -0.05) is 17.7 Å². The minimum atomic E-state index is -1.27. The molecule has 1 unspecified atom stereocenters. The number of carbonyl (C=O) groups excluding carboxylic acids is 1. The number of nitro groups is 1. The van der Waals surface area contributed by atoms with E-state index in [4.69, 9.17) is 16.3 Å². The van der Waals surface area contributed by atoms with E-state index in [1.807, 2.05) is 0 Å². The molecule has 0 aliphatic carbocycles. The number of hydrogen-bond acceptors (Lipinski definition) is 5. The van der Waals surface area contributed by atoms with Gasteiger partial charge in [-0.05, 0) is 26.3 Å². The van der Waals surface area contributed by atoms with Crippen molar-refractivity contribution in [2.45, 2.75) is 38.8 Å². The zero-order chi connectivity index (χ0) is 17.8. The second-order valence-electron chi connectivity index (χ2n) is 5.77. The van der Waals surface area contributed by atoms with Crippen LogP contribution in [-0.2, 0) is 16.0 Å². The molecule has 1 aromatic carbocycles. The van der Waals surface area contributed by atoms with Gasteiger partial charge in [0.05, 0.1) is 9.95 Å². The summed E-state index contributed by atoms with van der Waals surface area (Å²) < 4.78 is 5.00. The fourth-order valence-corrected chi connectivity index (χ4v) is 1.94. The van der Waals surface area contributed by atoms with Crippen molar-refractivity contribution in [1.29, 1.82) is 0 Å². The van der Waals surface area contributed by atoms with Gasteiger partial charge in [-0.3, -0.25) is 10.1 Å². The molecular formula is C14H17ClN2O6. The molecule has 0 heterocycles. The fourth-order valence-electron chi connectivity index (χ4n) is 1.69. The number of hydrogen-bond donors (Lipinski definition) is 2. The minimum Gasteiger partial charge on any atom is -0.480 e. The van der Waals surface area contributed by atoms with Crippen LogP contribution in [0, 0.1) is 10.1 Å². The standard InChI is InChI=1S/C14H17ClN2O6/c1-14(2,3)23-13(20)16-11(12(18)19)6-8-4-5-9(17(21)22)7-10(8)15/h4-5,7,11H,6H2,1-3H3,(H,16,20)(H,18,19). The predicted octanol–water partition coefficient (Wildman–Crippen LogP) is 2.77. The van der Waals surface area contributed by atoms with Gasteiger partial charge in [0.1, 0.15) is 11.6 Å². The second kappa shape index (κ2) is 7.28. The number of nitro benzene ring substituents is 1. The Balaban J connectivity index is 2.87. The number of non-ortho nitro benzene ring substituents is 1. The Labute approximate surface area is 137 Å². The van der Waals surface area contributed by atoms with Crippen LogP contribution >= 0.6 is 11.6 Å². The van der Waals surface area contributed by atoms with Gasteiger partial charge in [0.25, 0.3) is 5.69 Å². The van der Waals surface area contributed by atoms with Crippen molar-refractivity contribution in [3.63, 3.8) is 0 Å². The number of rotatable bonds is 5. The SMILES string of the molecule is CC(C)(C)OC(=O)NC(Cc1ccc([N+](=O)[O-])cc1Cl)C(=O)O. The van der Waals surface area contributed by atoms with Crippen LogP contribution in [0.3, 0.4) is 0 Å². The molecule has 1 amide bonds. The van der Waals surface area contributed by atoms with Crippen LogP contribution in [-0.4, -0.2) is 33.7 Å². The summed E-state index contributed by atoms with van der Waals surface area (Å²) in [6.45, 7) is 4.95. The normalized spacial score (nSPS) is 12.3. The Kier molecular flexibility index (Phi) is 5.91.